The summed E-state index contributed by atoms with van der Waals surface area (Å²) in [6.07, 6.45) is 0.524. The van der Waals surface area contributed by atoms with E-state index in [4.69, 9.17) is 0 Å². The third kappa shape index (κ3) is 3.77. The monoisotopic (exact) mass is 308 g/mol. The highest BCUT2D eigenvalue weighted by atomic mass is 16.2. The molecule has 1 aliphatic rings. The summed E-state index contributed by atoms with van der Waals surface area (Å²) in [5, 5.41) is 2.81. The largest absolute Gasteiger partial charge is 0.342 e. The van der Waals surface area contributed by atoms with Crippen LogP contribution in [-0.2, 0) is 22.6 Å². The van der Waals surface area contributed by atoms with Crippen molar-refractivity contribution in [1.82, 2.24) is 10.2 Å². The molecule has 1 N–H and O–H groups in total. The molecule has 0 saturated carbocycles. The molecule has 0 aliphatic carbocycles. The van der Waals surface area contributed by atoms with E-state index in [2.05, 4.69) is 5.32 Å². The van der Waals surface area contributed by atoms with Crippen molar-refractivity contribution < 1.29 is 9.59 Å². The van der Waals surface area contributed by atoms with Crippen LogP contribution in [0.1, 0.15) is 16.7 Å². The Balaban J connectivity index is 1.72. The number of carbonyl (C=O) groups excluding carboxylic acids is 2. The molecule has 2 amide bonds. The molecule has 2 aromatic carbocycles. The molecule has 0 bridgehead atoms. The Labute approximate surface area is 136 Å². The maximum Gasteiger partial charge on any atom is 0.246 e. The first-order chi connectivity index (χ1) is 11.1. The average molecular weight is 308 g/mol. The average Bonchev–Trinajstić information content (AvgIpc) is 2.55. The van der Waals surface area contributed by atoms with Gasteiger partial charge in [-0.2, -0.15) is 0 Å². The maximum atomic E-state index is 12.7. The van der Waals surface area contributed by atoms with Gasteiger partial charge in [-0.25, -0.2) is 0 Å². The fourth-order valence-corrected chi connectivity index (χ4v) is 2.81. The molecule has 4 heteroatoms. The van der Waals surface area contributed by atoms with Crippen molar-refractivity contribution >= 4 is 11.8 Å². The van der Waals surface area contributed by atoms with Gasteiger partial charge in [0.15, 0.2) is 0 Å². The van der Waals surface area contributed by atoms with Gasteiger partial charge in [-0.1, -0.05) is 60.2 Å². The first kappa shape index (κ1) is 15.3. The molecule has 3 rings (SSSR count). The molecule has 0 unspecified atom stereocenters. The summed E-state index contributed by atoms with van der Waals surface area (Å²) in [6.45, 7) is 2.62. The highest BCUT2D eigenvalue weighted by molar-refractivity contribution is 5.95. The summed E-state index contributed by atoms with van der Waals surface area (Å²) < 4.78 is 0. The van der Waals surface area contributed by atoms with Crippen molar-refractivity contribution in [2.75, 3.05) is 6.54 Å². The van der Waals surface area contributed by atoms with Gasteiger partial charge < -0.3 is 10.2 Å². The van der Waals surface area contributed by atoms with Crippen LogP contribution in [0.3, 0.4) is 0 Å². The van der Waals surface area contributed by atoms with Crippen molar-refractivity contribution in [3.63, 3.8) is 0 Å². The van der Waals surface area contributed by atoms with Gasteiger partial charge in [-0.05, 0) is 18.1 Å². The lowest BCUT2D eigenvalue weighted by molar-refractivity contribution is -0.144. The van der Waals surface area contributed by atoms with Crippen LogP contribution in [0.5, 0.6) is 0 Å². The number of hydrogen-bond donors (Lipinski definition) is 1. The fraction of sp³-hybridized carbons (Fsp3) is 0.263. The van der Waals surface area contributed by atoms with Gasteiger partial charge in [0.25, 0.3) is 0 Å². The normalized spacial score (nSPS) is 18.0. The lowest BCUT2D eigenvalue weighted by Gasteiger charge is -2.32. The molecule has 1 aliphatic heterocycles. The summed E-state index contributed by atoms with van der Waals surface area (Å²) in [5.74, 6) is -0.119. The van der Waals surface area contributed by atoms with Gasteiger partial charge in [-0.3, -0.25) is 9.59 Å². The van der Waals surface area contributed by atoms with Crippen molar-refractivity contribution in [1.29, 1.82) is 0 Å². The van der Waals surface area contributed by atoms with Crippen molar-refractivity contribution in [2.24, 2.45) is 0 Å². The number of nitrogens with one attached hydrogen (secondary N) is 1. The van der Waals surface area contributed by atoms with Gasteiger partial charge in [0.1, 0.15) is 6.04 Å². The Bertz CT molecular complexity index is 695. The third-order valence-electron chi connectivity index (χ3n) is 4.06. The molecule has 4 nitrogen and oxygen atoms in total. The van der Waals surface area contributed by atoms with E-state index < -0.39 is 6.04 Å². The zero-order valence-corrected chi connectivity index (χ0v) is 13.2. The second-order valence-electron chi connectivity index (χ2n) is 5.99. The van der Waals surface area contributed by atoms with E-state index in [0.29, 0.717) is 13.0 Å². The van der Waals surface area contributed by atoms with Gasteiger partial charge in [0.2, 0.25) is 11.8 Å². The van der Waals surface area contributed by atoms with E-state index in [1.807, 2.05) is 61.5 Å². The van der Waals surface area contributed by atoms with Crippen molar-refractivity contribution in [3.8, 4) is 0 Å². The minimum atomic E-state index is -0.484. The quantitative estimate of drug-likeness (QED) is 0.940. The number of rotatable bonds is 4. The van der Waals surface area contributed by atoms with E-state index >= 15 is 0 Å². The topological polar surface area (TPSA) is 49.4 Å². The highest BCUT2D eigenvalue weighted by Gasteiger charge is 2.32. The molecule has 1 fully saturated rings. The summed E-state index contributed by atoms with van der Waals surface area (Å²) in [4.78, 5) is 26.2. The lowest BCUT2D eigenvalue weighted by atomic mass is 10.0. The fourth-order valence-electron chi connectivity index (χ4n) is 2.81. The SMILES string of the molecule is Cc1ccc(C[C@@H]2NC(=O)CN(Cc3ccccc3)C2=O)cc1. The number of carbonyl (C=O) groups is 2. The zero-order chi connectivity index (χ0) is 16.2. The van der Waals surface area contributed by atoms with Crippen LogP contribution in [0.15, 0.2) is 54.6 Å². The van der Waals surface area contributed by atoms with E-state index in [9.17, 15) is 9.59 Å². The van der Waals surface area contributed by atoms with E-state index in [1.165, 1.54) is 5.56 Å². The smallest absolute Gasteiger partial charge is 0.246 e. The summed E-state index contributed by atoms with van der Waals surface area (Å²) in [5.41, 5.74) is 3.26. The molecule has 0 aromatic heterocycles. The molecule has 118 valence electrons. The van der Waals surface area contributed by atoms with E-state index in [1.54, 1.807) is 4.90 Å². The van der Waals surface area contributed by atoms with E-state index in [0.717, 1.165) is 11.1 Å². The van der Waals surface area contributed by atoms with Crippen LogP contribution in [0.2, 0.25) is 0 Å². The molecule has 1 heterocycles. The Kier molecular flexibility index (Phi) is 4.42. The minimum Gasteiger partial charge on any atom is -0.342 e. The Hall–Kier alpha value is -2.62. The highest BCUT2D eigenvalue weighted by Crippen LogP contribution is 2.13. The number of piperazine rings is 1. The van der Waals surface area contributed by atoms with Crippen LogP contribution in [0, 0.1) is 6.92 Å². The summed E-state index contributed by atoms with van der Waals surface area (Å²) in [7, 11) is 0. The van der Waals surface area contributed by atoms with Crippen LogP contribution in [0.4, 0.5) is 0 Å². The number of amides is 2. The number of benzene rings is 2. The second kappa shape index (κ2) is 6.65. The van der Waals surface area contributed by atoms with Gasteiger partial charge in [0, 0.05) is 13.0 Å². The molecule has 1 saturated heterocycles. The molecule has 2 aromatic rings. The van der Waals surface area contributed by atoms with Crippen molar-refractivity contribution in [3.05, 3.63) is 71.3 Å². The first-order valence-electron chi connectivity index (χ1n) is 7.79. The lowest BCUT2D eigenvalue weighted by Crippen LogP contribution is -2.58. The Morgan fingerprint density at radius 3 is 2.39 bits per heavy atom. The zero-order valence-electron chi connectivity index (χ0n) is 13.2. The number of nitrogens with zero attached hydrogens (tertiary/aromatic N) is 1. The van der Waals surface area contributed by atoms with Crippen molar-refractivity contribution in [2.45, 2.75) is 25.9 Å². The maximum absolute atomic E-state index is 12.7. The second-order valence-corrected chi connectivity index (χ2v) is 5.99. The summed E-state index contributed by atoms with van der Waals surface area (Å²) >= 11 is 0. The molecule has 23 heavy (non-hydrogen) atoms. The summed E-state index contributed by atoms with van der Waals surface area (Å²) in [6, 6.07) is 17.3. The predicted molar refractivity (Wildman–Crippen MR) is 88.7 cm³/mol. The first-order valence-corrected chi connectivity index (χ1v) is 7.79. The number of hydrogen-bond acceptors (Lipinski definition) is 2. The van der Waals surface area contributed by atoms with E-state index in [-0.39, 0.29) is 18.4 Å². The molecular weight excluding hydrogens is 288 g/mol. The standard InChI is InChI=1S/C19H20N2O2/c1-14-7-9-15(10-8-14)11-17-19(23)21(13-18(22)20-17)12-16-5-3-2-4-6-16/h2-10,17H,11-13H2,1H3,(H,20,22)/t17-/m0/s1. The minimum absolute atomic E-state index is 0.0194. The Morgan fingerprint density at radius 1 is 1.00 bits per heavy atom. The molecule has 0 radical (unpaired) electrons. The van der Waals surface area contributed by atoms with Crippen LogP contribution < -0.4 is 5.32 Å². The van der Waals surface area contributed by atoms with Crippen LogP contribution in [0.25, 0.3) is 0 Å². The molecule has 0 spiro atoms. The number of aryl methyl sites for hydroxylation is 1. The van der Waals surface area contributed by atoms with Gasteiger partial charge in [-0.15, -0.1) is 0 Å². The molecular formula is C19H20N2O2. The van der Waals surface area contributed by atoms with Crippen LogP contribution >= 0.6 is 0 Å². The molecule has 1 atom stereocenters. The predicted octanol–water partition coefficient (Wildman–Crippen LogP) is 2.06. The van der Waals surface area contributed by atoms with Crippen LogP contribution in [-0.4, -0.2) is 29.3 Å². The Morgan fingerprint density at radius 2 is 1.70 bits per heavy atom. The van der Waals surface area contributed by atoms with Gasteiger partial charge in [0.05, 0.1) is 6.54 Å². The van der Waals surface area contributed by atoms with Gasteiger partial charge >= 0.3 is 0 Å². The third-order valence-corrected chi connectivity index (χ3v) is 4.06.